The zero-order chi connectivity index (χ0) is 15.3. The van der Waals surface area contributed by atoms with Gasteiger partial charge in [-0.25, -0.2) is 0 Å². The highest BCUT2D eigenvalue weighted by atomic mass is 16.5. The molecule has 4 aliphatic carbocycles. The van der Waals surface area contributed by atoms with Gasteiger partial charge in [0.05, 0.1) is 12.9 Å². The highest BCUT2D eigenvalue weighted by Gasteiger charge is 2.51. The zero-order valence-electron chi connectivity index (χ0n) is 14.5. The Balaban J connectivity index is 1.60. The van der Waals surface area contributed by atoms with Crippen molar-refractivity contribution in [1.82, 2.24) is 0 Å². The average Bonchev–Trinajstić information content (AvgIpc) is 2.90. The summed E-state index contributed by atoms with van der Waals surface area (Å²) in [5, 5.41) is 0. The van der Waals surface area contributed by atoms with Crippen molar-refractivity contribution in [2.75, 3.05) is 7.11 Å². The number of methoxy groups -OCH3 is 1. The first-order chi connectivity index (χ1) is 10.7. The standard InChI is InChI=1S/C21H30O/c1-4-15-6-10-20-19-8-5-14-13-16(22-3)7-9-17(14)18(19)11-12-21(15,20)2/h6-7,18-20H,4-5,8-13H2,1-3H3. The molecule has 0 bridgehead atoms. The number of ether oxygens (including phenoxy) is 1. The van der Waals surface area contributed by atoms with E-state index in [9.17, 15) is 0 Å². The molecule has 0 amide bonds. The molecule has 4 aliphatic rings. The minimum absolute atomic E-state index is 0.524. The maximum atomic E-state index is 5.51. The van der Waals surface area contributed by atoms with Gasteiger partial charge in [-0.2, -0.15) is 0 Å². The second kappa shape index (κ2) is 5.28. The summed E-state index contributed by atoms with van der Waals surface area (Å²) in [5.74, 6) is 3.94. The molecule has 22 heavy (non-hydrogen) atoms. The molecular weight excluding hydrogens is 268 g/mol. The van der Waals surface area contributed by atoms with Crippen molar-refractivity contribution < 1.29 is 4.74 Å². The normalized spacial score (nSPS) is 40.4. The van der Waals surface area contributed by atoms with Gasteiger partial charge >= 0.3 is 0 Å². The average molecular weight is 298 g/mol. The van der Waals surface area contributed by atoms with Gasteiger partial charge in [0.25, 0.3) is 0 Å². The minimum Gasteiger partial charge on any atom is -0.501 e. The minimum atomic E-state index is 0.524. The van der Waals surface area contributed by atoms with Crippen LogP contribution in [0, 0.1) is 23.2 Å². The first kappa shape index (κ1) is 14.6. The molecule has 0 spiro atoms. The van der Waals surface area contributed by atoms with E-state index in [2.05, 4.69) is 26.0 Å². The van der Waals surface area contributed by atoms with Crippen LogP contribution in [0.25, 0.3) is 0 Å². The van der Waals surface area contributed by atoms with Crippen LogP contribution >= 0.6 is 0 Å². The molecule has 1 saturated carbocycles. The van der Waals surface area contributed by atoms with Crippen LogP contribution in [0.15, 0.2) is 34.6 Å². The summed E-state index contributed by atoms with van der Waals surface area (Å²) in [6.07, 6.45) is 15.4. The number of rotatable bonds is 2. The molecular formula is C21H30O. The first-order valence-electron chi connectivity index (χ1n) is 9.30. The topological polar surface area (TPSA) is 9.23 Å². The van der Waals surface area contributed by atoms with Gasteiger partial charge in [-0.15, -0.1) is 0 Å². The molecule has 1 nitrogen and oxygen atoms in total. The Hall–Kier alpha value is -0.980. The van der Waals surface area contributed by atoms with E-state index in [1.165, 1.54) is 44.3 Å². The van der Waals surface area contributed by atoms with Crippen molar-refractivity contribution in [3.05, 3.63) is 34.6 Å². The highest BCUT2D eigenvalue weighted by Crippen LogP contribution is 2.61. The van der Waals surface area contributed by atoms with Gasteiger partial charge in [-0.3, -0.25) is 0 Å². The lowest BCUT2D eigenvalue weighted by Crippen LogP contribution is -2.42. The summed E-state index contributed by atoms with van der Waals surface area (Å²) in [4.78, 5) is 0. The maximum Gasteiger partial charge on any atom is 0.0959 e. The van der Waals surface area contributed by atoms with E-state index >= 15 is 0 Å². The maximum absolute atomic E-state index is 5.51. The lowest BCUT2D eigenvalue weighted by atomic mass is 9.53. The van der Waals surface area contributed by atoms with E-state index in [4.69, 9.17) is 4.74 Å². The third-order valence-electron chi connectivity index (χ3n) is 7.44. The first-order valence-corrected chi connectivity index (χ1v) is 9.30. The van der Waals surface area contributed by atoms with Crippen molar-refractivity contribution in [1.29, 1.82) is 0 Å². The van der Waals surface area contributed by atoms with Crippen LogP contribution in [-0.2, 0) is 4.74 Å². The lowest BCUT2D eigenvalue weighted by Gasteiger charge is -2.51. The number of allylic oxidation sites excluding steroid dienone is 5. The van der Waals surface area contributed by atoms with Crippen LogP contribution in [-0.4, -0.2) is 7.11 Å². The quantitative estimate of drug-likeness (QED) is 0.586. The Kier molecular flexibility index (Phi) is 3.51. The smallest absolute Gasteiger partial charge is 0.0959 e. The van der Waals surface area contributed by atoms with Gasteiger partial charge in [0.2, 0.25) is 0 Å². The molecule has 0 radical (unpaired) electrons. The Morgan fingerprint density at radius 2 is 2.14 bits per heavy atom. The van der Waals surface area contributed by atoms with E-state index < -0.39 is 0 Å². The Bertz CT molecular complexity index is 564. The van der Waals surface area contributed by atoms with Gasteiger partial charge in [-0.05, 0) is 74.2 Å². The number of hydrogen-bond acceptors (Lipinski definition) is 1. The number of hydrogen-bond donors (Lipinski definition) is 0. The molecule has 0 aromatic heterocycles. The molecule has 0 aromatic rings. The van der Waals surface area contributed by atoms with Gasteiger partial charge in [-0.1, -0.05) is 36.6 Å². The van der Waals surface area contributed by atoms with Crippen LogP contribution < -0.4 is 0 Å². The Labute approximate surface area is 135 Å². The van der Waals surface area contributed by atoms with Gasteiger partial charge in [0.15, 0.2) is 0 Å². The lowest BCUT2D eigenvalue weighted by molar-refractivity contribution is 0.0547. The van der Waals surface area contributed by atoms with Crippen LogP contribution in [0.3, 0.4) is 0 Å². The molecule has 0 heterocycles. The van der Waals surface area contributed by atoms with Crippen molar-refractivity contribution in [3.63, 3.8) is 0 Å². The summed E-state index contributed by atoms with van der Waals surface area (Å²) in [5.41, 5.74) is 5.83. The van der Waals surface area contributed by atoms with E-state index in [1.807, 2.05) is 12.7 Å². The SMILES string of the molecule is CCC1=CCC2C3CCC4=C(CC=C(OC)C4)C3CCC12C. The second-order valence-electron chi connectivity index (χ2n) is 8.07. The fourth-order valence-electron chi connectivity index (χ4n) is 6.25. The third-order valence-corrected chi connectivity index (χ3v) is 7.44. The molecule has 0 aliphatic heterocycles. The molecule has 0 N–H and O–H groups in total. The number of fused-ring (bicyclic) bond motifs is 4. The summed E-state index contributed by atoms with van der Waals surface area (Å²) < 4.78 is 5.51. The molecule has 4 atom stereocenters. The van der Waals surface area contributed by atoms with Crippen molar-refractivity contribution in [3.8, 4) is 0 Å². The Morgan fingerprint density at radius 1 is 1.27 bits per heavy atom. The van der Waals surface area contributed by atoms with E-state index in [-0.39, 0.29) is 0 Å². The monoisotopic (exact) mass is 298 g/mol. The summed E-state index contributed by atoms with van der Waals surface area (Å²) in [6, 6.07) is 0. The van der Waals surface area contributed by atoms with Crippen LogP contribution in [0.2, 0.25) is 0 Å². The van der Waals surface area contributed by atoms with E-state index in [0.717, 1.165) is 30.6 Å². The Morgan fingerprint density at radius 3 is 2.91 bits per heavy atom. The highest BCUT2D eigenvalue weighted by molar-refractivity contribution is 5.34. The van der Waals surface area contributed by atoms with Gasteiger partial charge in [0, 0.05) is 6.42 Å². The molecule has 0 saturated heterocycles. The van der Waals surface area contributed by atoms with Crippen LogP contribution in [0.5, 0.6) is 0 Å². The predicted octanol–water partition coefficient (Wildman–Crippen LogP) is 5.79. The van der Waals surface area contributed by atoms with Gasteiger partial charge < -0.3 is 4.74 Å². The second-order valence-corrected chi connectivity index (χ2v) is 8.07. The third kappa shape index (κ3) is 1.97. The van der Waals surface area contributed by atoms with Crippen molar-refractivity contribution in [2.45, 2.75) is 65.2 Å². The van der Waals surface area contributed by atoms with E-state index in [0.29, 0.717) is 5.41 Å². The van der Waals surface area contributed by atoms with Crippen molar-refractivity contribution >= 4 is 0 Å². The van der Waals surface area contributed by atoms with Gasteiger partial charge in [0.1, 0.15) is 0 Å². The molecule has 1 heteroatoms. The summed E-state index contributed by atoms with van der Waals surface area (Å²) >= 11 is 0. The van der Waals surface area contributed by atoms with Crippen LogP contribution in [0.1, 0.15) is 65.2 Å². The van der Waals surface area contributed by atoms with Crippen molar-refractivity contribution in [2.24, 2.45) is 23.2 Å². The van der Waals surface area contributed by atoms with Crippen LogP contribution in [0.4, 0.5) is 0 Å². The largest absolute Gasteiger partial charge is 0.501 e. The molecule has 120 valence electrons. The molecule has 4 unspecified atom stereocenters. The molecule has 1 fully saturated rings. The fraction of sp³-hybridized carbons (Fsp3) is 0.714. The fourth-order valence-corrected chi connectivity index (χ4v) is 6.25. The summed E-state index contributed by atoms with van der Waals surface area (Å²) in [7, 11) is 1.82. The summed E-state index contributed by atoms with van der Waals surface area (Å²) in [6.45, 7) is 4.93. The van der Waals surface area contributed by atoms with E-state index in [1.54, 1.807) is 11.1 Å². The predicted molar refractivity (Wildman–Crippen MR) is 91.4 cm³/mol. The molecule has 4 rings (SSSR count). The zero-order valence-corrected chi connectivity index (χ0v) is 14.5. The molecule has 0 aromatic carbocycles.